The van der Waals surface area contributed by atoms with Gasteiger partial charge in [0.25, 0.3) is 0 Å². The summed E-state index contributed by atoms with van der Waals surface area (Å²) in [5, 5.41) is 4.70. The molecule has 3 rings (SSSR count). The predicted molar refractivity (Wildman–Crippen MR) is 86.2 cm³/mol. The van der Waals surface area contributed by atoms with Crippen molar-refractivity contribution < 1.29 is 0 Å². The third kappa shape index (κ3) is 3.99. The van der Waals surface area contributed by atoms with E-state index in [0.29, 0.717) is 6.04 Å². The molecule has 0 heterocycles. The van der Waals surface area contributed by atoms with Crippen LogP contribution < -0.4 is 5.32 Å². The minimum absolute atomic E-state index is 0.538. The van der Waals surface area contributed by atoms with Crippen LogP contribution in [0.1, 0.15) is 51.0 Å². The summed E-state index contributed by atoms with van der Waals surface area (Å²) in [7, 11) is 0. The lowest BCUT2D eigenvalue weighted by Crippen LogP contribution is -2.41. The fraction of sp³-hybridized carbons (Fsp3) is 0.667. The first-order valence-corrected chi connectivity index (χ1v) is 8.59. The second kappa shape index (κ2) is 6.49. The SMILES string of the molecule is CC(Cc1cccc(Cl)c1)NC1CCCC(C2CC2)C1. The lowest BCUT2D eigenvalue weighted by molar-refractivity contribution is 0.248. The number of hydrogen-bond donors (Lipinski definition) is 1. The van der Waals surface area contributed by atoms with Gasteiger partial charge in [-0.2, -0.15) is 0 Å². The molecule has 0 radical (unpaired) electrons. The zero-order valence-electron chi connectivity index (χ0n) is 12.4. The van der Waals surface area contributed by atoms with Crippen molar-refractivity contribution in [3.05, 3.63) is 34.9 Å². The Balaban J connectivity index is 1.49. The molecule has 0 spiro atoms. The molecule has 2 aliphatic rings. The van der Waals surface area contributed by atoms with Crippen LogP contribution in [0.2, 0.25) is 5.02 Å². The second-order valence-corrected chi connectivity index (χ2v) is 7.30. The molecule has 1 N–H and O–H groups in total. The standard InChI is InChI=1S/C18H26ClN/c1-13(10-14-4-2-6-17(19)11-14)20-18-7-3-5-16(12-18)15-8-9-15/h2,4,6,11,13,15-16,18,20H,3,5,7-10,12H2,1H3. The van der Waals surface area contributed by atoms with Gasteiger partial charge >= 0.3 is 0 Å². The van der Waals surface area contributed by atoms with E-state index in [1.807, 2.05) is 12.1 Å². The molecule has 0 amide bonds. The molecule has 0 bridgehead atoms. The number of nitrogens with one attached hydrogen (secondary N) is 1. The maximum atomic E-state index is 6.06. The summed E-state index contributed by atoms with van der Waals surface area (Å²) in [6, 6.07) is 9.55. The molecule has 3 unspecified atom stereocenters. The van der Waals surface area contributed by atoms with Crippen molar-refractivity contribution >= 4 is 11.6 Å². The Bertz CT molecular complexity index is 441. The molecule has 2 saturated carbocycles. The smallest absolute Gasteiger partial charge is 0.0408 e. The number of halogens is 1. The maximum absolute atomic E-state index is 6.06. The Morgan fingerprint density at radius 2 is 2.05 bits per heavy atom. The Morgan fingerprint density at radius 1 is 1.20 bits per heavy atom. The van der Waals surface area contributed by atoms with Crippen LogP contribution in [-0.4, -0.2) is 12.1 Å². The molecule has 2 heteroatoms. The Morgan fingerprint density at radius 3 is 2.80 bits per heavy atom. The Kier molecular flexibility index (Phi) is 4.68. The molecular weight excluding hydrogens is 266 g/mol. The topological polar surface area (TPSA) is 12.0 Å². The van der Waals surface area contributed by atoms with Crippen molar-refractivity contribution in [2.75, 3.05) is 0 Å². The zero-order valence-corrected chi connectivity index (χ0v) is 13.2. The van der Waals surface area contributed by atoms with Crippen LogP contribution in [0.4, 0.5) is 0 Å². The summed E-state index contributed by atoms with van der Waals surface area (Å²) in [6.45, 7) is 2.31. The van der Waals surface area contributed by atoms with Gasteiger partial charge in [0.1, 0.15) is 0 Å². The maximum Gasteiger partial charge on any atom is 0.0408 e. The summed E-state index contributed by atoms with van der Waals surface area (Å²) < 4.78 is 0. The van der Waals surface area contributed by atoms with E-state index in [1.165, 1.54) is 44.1 Å². The molecule has 2 fully saturated rings. The minimum Gasteiger partial charge on any atom is -0.311 e. The van der Waals surface area contributed by atoms with Crippen LogP contribution in [0.3, 0.4) is 0 Å². The summed E-state index contributed by atoms with van der Waals surface area (Å²) >= 11 is 6.06. The van der Waals surface area contributed by atoms with Gasteiger partial charge in [-0.1, -0.05) is 36.6 Å². The van der Waals surface area contributed by atoms with Crippen molar-refractivity contribution in [1.29, 1.82) is 0 Å². The predicted octanol–water partition coefficient (Wildman–Crippen LogP) is 4.83. The molecule has 110 valence electrons. The van der Waals surface area contributed by atoms with Crippen LogP contribution in [0.25, 0.3) is 0 Å². The third-order valence-electron chi connectivity index (χ3n) is 4.95. The number of benzene rings is 1. The summed E-state index contributed by atoms with van der Waals surface area (Å²) in [5.74, 6) is 2.09. The van der Waals surface area contributed by atoms with E-state index >= 15 is 0 Å². The first-order valence-electron chi connectivity index (χ1n) is 8.21. The van der Waals surface area contributed by atoms with Crippen LogP contribution in [0, 0.1) is 11.8 Å². The molecule has 1 aromatic carbocycles. The average molecular weight is 292 g/mol. The molecule has 0 aliphatic heterocycles. The normalized spacial score (nSPS) is 28.3. The fourth-order valence-electron chi connectivity index (χ4n) is 3.85. The highest BCUT2D eigenvalue weighted by atomic mass is 35.5. The van der Waals surface area contributed by atoms with E-state index < -0.39 is 0 Å². The second-order valence-electron chi connectivity index (χ2n) is 6.86. The van der Waals surface area contributed by atoms with Gasteiger partial charge in [-0.25, -0.2) is 0 Å². The van der Waals surface area contributed by atoms with E-state index in [2.05, 4.69) is 24.4 Å². The molecule has 1 nitrogen and oxygen atoms in total. The first kappa shape index (κ1) is 14.4. The molecule has 2 aliphatic carbocycles. The van der Waals surface area contributed by atoms with E-state index in [-0.39, 0.29) is 0 Å². The van der Waals surface area contributed by atoms with Gasteiger partial charge in [0.15, 0.2) is 0 Å². The zero-order chi connectivity index (χ0) is 13.9. The van der Waals surface area contributed by atoms with Crippen LogP contribution in [0.5, 0.6) is 0 Å². The van der Waals surface area contributed by atoms with Gasteiger partial charge in [-0.05, 0) is 68.6 Å². The quantitative estimate of drug-likeness (QED) is 0.819. The van der Waals surface area contributed by atoms with Crippen LogP contribution in [-0.2, 0) is 6.42 Å². The average Bonchev–Trinajstić information content (AvgIpc) is 3.23. The number of rotatable bonds is 5. The highest BCUT2D eigenvalue weighted by Crippen LogP contribution is 2.43. The van der Waals surface area contributed by atoms with Crippen molar-refractivity contribution in [3.8, 4) is 0 Å². The first-order chi connectivity index (χ1) is 9.70. The monoisotopic (exact) mass is 291 g/mol. The van der Waals surface area contributed by atoms with Crippen LogP contribution >= 0.6 is 11.6 Å². The minimum atomic E-state index is 0.538. The van der Waals surface area contributed by atoms with E-state index in [4.69, 9.17) is 11.6 Å². The van der Waals surface area contributed by atoms with E-state index in [0.717, 1.165) is 29.3 Å². The molecule has 20 heavy (non-hydrogen) atoms. The highest BCUT2D eigenvalue weighted by Gasteiger charge is 2.34. The lowest BCUT2D eigenvalue weighted by atomic mass is 9.82. The van der Waals surface area contributed by atoms with Gasteiger partial charge in [-0.15, -0.1) is 0 Å². The van der Waals surface area contributed by atoms with E-state index in [1.54, 1.807) is 0 Å². The Labute approximate surface area is 128 Å². The van der Waals surface area contributed by atoms with Gasteiger partial charge in [0, 0.05) is 17.1 Å². The molecule has 1 aromatic rings. The van der Waals surface area contributed by atoms with Crippen molar-refractivity contribution in [2.24, 2.45) is 11.8 Å². The van der Waals surface area contributed by atoms with Gasteiger partial charge in [0.2, 0.25) is 0 Å². The number of hydrogen-bond acceptors (Lipinski definition) is 1. The summed E-state index contributed by atoms with van der Waals surface area (Å²) in [6.07, 6.45) is 9.73. The summed E-state index contributed by atoms with van der Waals surface area (Å²) in [4.78, 5) is 0. The van der Waals surface area contributed by atoms with Gasteiger partial charge in [-0.3, -0.25) is 0 Å². The largest absolute Gasteiger partial charge is 0.311 e. The van der Waals surface area contributed by atoms with E-state index in [9.17, 15) is 0 Å². The van der Waals surface area contributed by atoms with Crippen molar-refractivity contribution in [3.63, 3.8) is 0 Å². The van der Waals surface area contributed by atoms with Gasteiger partial charge in [0.05, 0.1) is 0 Å². The molecule has 0 aromatic heterocycles. The van der Waals surface area contributed by atoms with Crippen molar-refractivity contribution in [2.45, 2.75) is 64.0 Å². The molecule has 3 atom stereocenters. The van der Waals surface area contributed by atoms with Crippen LogP contribution in [0.15, 0.2) is 24.3 Å². The third-order valence-corrected chi connectivity index (χ3v) is 5.19. The fourth-order valence-corrected chi connectivity index (χ4v) is 4.07. The Hall–Kier alpha value is -0.530. The van der Waals surface area contributed by atoms with Gasteiger partial charge < -0.3 is 5.32 Å². The summed E-state index contributed by atoms with van der Waals surface area (Å²) in [5.41, 5.74) is 1.34. The molecular formula is C18H26ClN. The highest BCUT2D eigenvalue weighted by molar-refractivity contribution is 6.30. The van der Waals surface area contributed by atoms with Crippen molar-refractivity contribution in [1.82, 2.24) is 5.32 Å². The lowest BCUT2D eigenvalue weighted by Gasteiger charge is -2.32. The molecule has 0 saturated heterocycles.